The molecule has 0 aliphatic rings. The van der Waals surface area contributed by atoms with Crippen LogP contribution in [0.4, 0.5) is 4.39 Å². The van der Waals surface area contributed by atoms with Crippen molar-refractivity contribution in [3.8, 4) is 0 Å². The van der Waals surface area contributed by atoms with Crippen molar-refractivity contribution in [1.82, 2.24) is 4.98 Å². The highest BCUT2D eigenvalue weighted by Crippen LogP contribution is 2.25. The molecule has 0 radical (unpaired) electrons. The average molecular weight is 285 g/mol. The first kappa shape index (κ1) is 14.9. The molecule has 0 amide bonds. The number of allylic oxidation sites excluding steroid dienone is 1. The number of nitrogens with zero attached hydrogens (tertiary/aromatic N) is 1. The smallest absolute Gasteiger partial charge is 0.307 e. The number of carbonyl (C=O) groups is 1. The largest absolute Gasteiger partial charge is 0.451 e. The first-order valence-corrected chi connectivity index (χ1v) is 6.67. The van der Waals surface area contributed by atoms with E-state index in [4.69, 9.17) is 4.74 Å². The van der Waals surface area contributed by atoms with E-state index in [9.17, 15) is 9.18 Å². The lowest BCUT2D eigenvalue weighted by Gasteiger charge is -2.18. The van der Waals surface area contributed by atoms with Gasteiger partial charge < -0.3 is 4.74 Å². The number of esters is 1. The third-order valence-electron chi connectivity index (χ3n) is 2.91. The molecule has 1 aromatic carbocycles. The first-order chi connectivity index (χ1) is 10.2. The molecule has 4 heteroatoms. The third kappa shape index (κ3) is 4.24. The van der Waals surface area contributed by atoms with Crippen molar-refractivity contribution in [2.45, 2.75) is 18.9 Å². The molecule has 2 rings (SSSR count). The number of hydrogen-bond acceptors (Lipinski definition) is 3. The van der Waals surface area contributed by atoms with Crippen LogP contribution in [0.5, 0.6) is 0 Å². The molecule has 0 spiro atoms. The zero-order valence-corrected chi connectivity index (χ0v) is 11.5. The van der Waals surface area contributed by atoms with Crippen LogP contribution in [0.3, 0.4) is 0 Å². The normalized spacial score (nSPS) is 11.7. The number of pyridine rings is 1. The van der Waals surface area contributed by atoms with Crippen LogP contribution in [0.1, 0.15) is 30.2 Å². The summed E-state index contributed by atoms with van der Waals surface area (Å²) in [5, 5.41) is 0. The SMILES string of the molecule is C=CCCC(=O)OC(c1cccc(F)c1)c1ccccn1. The van der Waals surface area contributed by atoms with Crippen LogP contribution < -0.4 is 0 Å². The standard InChI is InChI=1S/C17H16FNO2/c1-2-3-10-16(20)21-17(15-9-4-5-11-19-15)13-7-6-8-14(18)12-13/h2,4-9,11-12,17H,1,3,10H2. The van der Waals surface area contributed by atoms with Crippen molar-refractivity contribution in [3.05, 3.63) is 78.4 Å². The Balaban J connectivity index is 2.27. The van der Waals surface area contributed by atoms with E-state index in [0.717, 1.165) is 0 Å². The quantitative estimate of drug-likeness (QED) is 0.598. The summed E-state index contributed by atoms with van der Waals surface area (Å²) in [5.41, 5.74) is 1.12. The monoisotopic (exact) mass is 285 g/mol. The fourth-order valence-electron chi connectivity index (χ4n) is 1.91. The Morgan fingerprint density at radius 1 is 1.33 bits per heavy atom. The Labute approximate surface area is 123 Å². The zero-order valence-electron chi connectivity index (χ0n) is 11.5. The van der Waals surface area contributed by atoms with Crippen LogP contribution in [0, 0.1) is 5.82 Å². The van der Waals surface area contributed by atoms with E-state index in [2.05, 4.69) is 11.6 Å². The van der Waals surface area contributed by atoms with E-state index in [-0.39, 0.29) is 18.2 Å². The number of benzene rings is 1. The predicted octanol–water partition coefficient (Wildman–Crippen LogP) is 3.82. The van der Waals surface area contributed by atoms with Crippen LogP contribution in [-0.2, 0) is 9.53 Å². The van der Waals surface area contributed by atoms with Crippen molar-refractivity contribution in [2.75, 3.05) is 0 Å². The zero-order chi connectivity index (χ0) is 15.1. The molecule has 0 aliphatic carbocycles. The summed E-state index contributed by atoms with van der Waals surface area (Å²) in [6, 6.07) is 11.3. The summed E-state index contributed by atoms with van der Waals surface area (Å²) in [6.45, 7) is 3.57. The van der Waals surface area contributed by atoms with Crippen LogP contribution in [-0.4, -0.2) is 11.0 Å². The highest BCUT2D eigenvalue weighted by atomic mass is 19.1. The van der Waals surface area contributed by atoms with Gasteiger partial charge in [-0.1, -0.05) is 24.3 Å². The van der Waals surface area contributed by atoms with Gasteiger partial charge in [0.25, 0.3) is 0 Å². The van der Waals surface area contributed by atoms with E-state index in [0.29, 0.717) is 17.7 Å². The van der Waals surface area contributed by atoms with Crippen LogP contribution in [0.2, 0.25) is 0 Å². The Hall–Kier alpha value is -2.49. The Bertz CT molecular complexity index is 613. The molecule has 0 N–H and O–H groups in total. The van der Waals surface area contributed by atoms with Gasteiger partial charge >= 0.3 is 5.97 Å². The van der Waals surface area contributed by atoms with Crippen LogP contribution in [0.15, 0.2) is 61.3 Å². The van der Waals surface area contributed by atoms with Crippen LogP contribution in [0.25, 0.3) is 0 Å². The fraction of sp³-hybridized carbons (Fsp3) is 0.176. The first-order valence-electron chi connectivity index (χ1n) is 6.67. The number of carbonyl (C=O) groups excluding carboxylic acids is 1. The molecule has 0 saturated heterocycles. The second kappa shape index (κ2) is 7.33. The van der Waals surface area contributed by atoms with E-state index in [1.54, 1.807) is 42.6 Å². The molecule has 2 aromatic rings. The molecule has 1 atom stereocenters. The Morgan fingerprint density at radius 2 is 2.19 bits per heavy atom. The summed E-state index contributed by atoms with van der Waals surface area (Å²) in [4.78, 5) is 16.1. The minimum Gasteiger partial charge on any atom is -0.451 e. The molecule has 0 bridgehead atoms. The Morgan fingerprint density at radius 3 is 2.86 bits per heavy atom. The molecule has 1 unspecified atom stereocenters. The van der Waals surface area contributed by atoms with E-state index in [1.807, 2.05) is 0 Å². The molecule has 3 nitrogen and oxygen atoms in total. The molecule has 0 saturated carbocycles. The maximum Gasteiger partial charge on any atom is 0.307 e. The van der Waals surface area contributed by atoms with Gasteiger partial charge in [0, 0.05) is 18.2 Å². The predicted molar refractivity (Wildman–Crippen MR) is 78.0 cm³/mol. The van der Waals surface area contributed by atoms with Crippen molar-refractivity contribution in [2.24, 2.45) is 0 Å². The topological polar surface area (TPSA) is 39.2 Å². The highest BCUT2D eigenvalue weighted by Gasteiger charge is 2.20. The molecule has 21 heavy (non-hydrogen) atoms. The highest BCUT2D eigenvalue weighted by molar-refractivity contribution is 5.70. The van der Waals surface area contributed by atoms with Gasteiger partial charge in [-0.3, -0.25) is 9.78 Å². The molecule has 0 fully saturated rings. The number of hydrogen-bond donors (Lipinski definition) is 0. The Kier molecular flexibility index (Phi) is 5.21. The molecule has 1 aromatic heterocycles. The fourth-order valence-corrected chi connectivity index (χ4v) is 1.91. The van der Waals surface area contributed by atoms with Crippen molar-refractivity contribution >= 4 is 5.97 Å². The van der Waals surface area contributed by atoms with Crippen molar-refractivity contribution < 1.29 is 13.9 Å². The van der Waals surface area contributed by atoms with Gasteiger partial charge in [0.15, 0.2) is 6.10 Å². The van der Waals surface area contributed by atoms with Gasteiger partial charge in [-0.15, -0.1) is 6.58 Å². The number of halogens is 1. The maximum atomic E-state index is 13.4. The number of rotatable bonds is 6. The summed E-state index contributed by atoms with van der Waals surface area (Å²) in [5.74, 6) is -0.745. The van der Waals surface area contributed by atoms with Gasteiger partial charge in [0.1, 0.15) is 5.82 Å². The van der Waals surface area contributed by atoms with Crippen LogP contribution >= 0.6 is 0 Å². The lowest BCUT2D eigenvalue weighted by atomic mass is 10.1. The van der Waals surface area contributed by atoms with Gasteiger partial charge in [-0.2, -0.15) is 0 Å². The third-order valence-corrected chi connectivity index (χ3v) is 2.91. The molecule has 1 heterocycles. The minimum atomic E-state index is -0.709. The van der Waals surface area contributed by atoms with Crippen molar-refractivity contribution in [1.29, 1.82) is 0 Å². The summed E-state index contributed by atoms with van der Waals surface area (Å²) < 4.78 is 18.9. The second-order valence-corrected chi connectivity index (χ2v) is 4.51. The second-order valence-electron chi connectivity index (χ2n) is 4.51. The van der Waals surface area contributed by atoms with E-state index in [1.165, 1.54) is 12.1 Å². The number of ether oxygens (including phenoxy) is 1. The van der Waals surface area contributed by atoms with Crippen molar-refractivity contribution in [3.63, 3.8) is 0 Å². The van der Waals surface area contributed by atoms with Gasteiger partial charge in [0.05, 0.1) is 5.69 Å². The summed E-state index contributed by atoms with van der Waals surface area (Å²) >= 11 is 0. The molecule has 0 aliphatic heterocycles. The van der Waals surface area contributed by atoms with Gasteiger partial charge in [-0.25, -0.2) is 4.39 Å². The van der Waals surface area contributed by atoms with Gasteiger partial charge in [0.2, 0.25) is 0 Å². The lowest BCUT2D eigenvalue weighted by molar-refractivity contribution is -0.147. The molecular weight excluding hydrogens is 269 g/mol. The molecule has 108 valence electrons. The summed E-state index contributed by atoms with van der Waals surface area (Å²) in [6.07, 6.45) is 3.33. The minimum absolute atomic E-state index is 0.238. The van der Waals surface area contributed by atoms with Gasteiger partial charge in [-0.05, 0) is 30.7 Å². The van der Waals surface area contributed by atoms with E-state index >= 15 is 0 Å². The average Bonchev–Trinajstić information content (AvgIpc) is 2.51. The maximum absolute atomic E-state index is 13.4. The van der Waals surface area contributed by atoms with E-state index < -0.39 is 6.10 Å². The number of aromatic nitrogens is 1. The lowest BCUT2D eigenvalue weighted by Crippen LogP contribution is -2.13. The summed E-state index contributed by atoms with van der Waals surface area (Å²) in [7, 11) is 0. The molecular formula is C17H16FNO2.